The van der Waals surface area contributed by atoms with E-state index in [2.05, 4.69) is 21.6 Å². The van der Waals surface area contributed by atoms with Crippen LogP contribution >= 0.6 is 23.1 Å². The first-order valence-corrected chi connectivity index (χ1v) is 9.29. The number of nitrogens with zero attached hydrogens (tertiary/aromatic N) is 2. The number of thioether (sulfide) groups is 1. The van der Waals surface area contributed by atoms with Crippen LogP contribution in [0.5, 0.6) is 0 Å². The second-order valence-electron chi connectivity index (χ2n) is 5.39. The third kappa shape index (κ3) is 4.21. The van der Waals surface area contributed by atoms with Gasteiger partial charge < -0.3 is 0 Å². The molecule has 0 atom stereocenters. The number of nitrogens with one attached hydrogen (secondary N) is 1. The summed E-state index contributed by atoms with van der Waals surface area (Å²) < 4.78 is 2.03. The van der Waals surface area contributed by atoms with Gasteiger partial charge >= 0.3 is 0 Å². The van der Waals surface area contributed by atoms with Crippen LogP contribution in [0.25, 0.3) is 10.2 Å². The molecule has 0 fully saturated rings. The van der Waals surface area contributed by atoms with Crippen molar-refractivity contribution in [2.24, 2.45) is 5.10 Å². The van der Waals surface area contributed by atoms with Crippen LogP contribution in [-0.2, 0) is 4.79 Å². The van der Waals surface area contributed by atoms with Crippen LogP contribution in [0, 0.1) is 13.8 Å². The standard InChI is InChI=1S/C18H17N3OS2/c1-12-7-8-13(2)14(9-12)10-19-21-17(22)11-23-18-20-15-5-3-4-6-16(15)24-18/h3-10H,11H2,1-2H3,(H,21,22)/b19-10-. The van der Waals surface area contributed by atoms with Crippen molar-refractivity contribution in [1.29, 1.82) is 0 Å². The highest BCUT2D eigenvalue weighted by Gasteiger charge is 2.07. The van der Waals surface area contributed by atoms with Gasteiger partial charge in [-0.3, -0.25) is 4.79 Å². The van der Waals surface area contributed by atoms with E-state index in [1.165, 1.54) is 17.3 Å². The van der Waals surface area contributed by atoms with Gasteiger partial charge in [0.2, 0.25) is 0 Å². The Morgan fingerprint density at radius 3 is 2.96 bits per heavy atom. The van der Waals surface area contributed by atoms with Crippen molar-refractivity contribution in [3.63, 3.8) is 0 Å². The number of benzene rings is 2. The summed E-state index contributed by atoms with van der Waals surface area (Å²) in [4.78, 5) is 16.4. The van der Waals surface area contributed by atoms with Gasteiger partial charge in [0, 0.05) is 0 Å². The largest absolute Gasteiger partial charge is 0.272 e. The molecule has 122 valence electrons. The second kappa shape index (κ2) is 7.59. The quantitative estimate of drug-likeness (QED) is 0.425. The molecule has 1 N–H and O–H groups in total. The Balaban J connectivity index is 1.54. The minimum Gasteiger partial charge on any atom is -0.272 e. The van der Waals surface area contributed by atoms with Gasteiger partial charge in [-0.05, 0) is 37.1 Å². The maximum Gasteiger partial charge on any atom is 0.250 e. The van der Waals surface area contributed by atoms with Crippen molar-refractivity contribution in [3.8, 4) is 0 Å². The van der Waals surface area contributed by atoms with E-state index in [0.717, 1.165) is 25.7 Å². The molecule has 6 heteroatoms. The number of thiazole rings is 1. The molecule has 0 spiro atoms. The van der Waals surface area contributed by atoms with Gasteiger partial charge in [-0.25, -0.2) is 10.4 Å². The Morgan fingerprint density at radius 1 is 1.29 bits per heavy atom. The molecule has 0 aliphatic carbocycles. The average molecular weight is 355 g/mol. The van der Waals surface area contributed by atoms with E-state index in [9.17, 15) is 4.79 Å². The predicted molar refractivity (Wildman–Crippen MR) is 102 cm³/mol. The fourth-order valence-electron chi connectivity index (χ4n) is 2.15. The molecular weight excluding hydrogens is 338 g/mol. The van der Waals surface area contributed by atoms with Gasteiger partial charge in [-0.1, -0.05) is 47.7 Å². The van der Waals surface area contributed by atoms with Crippen LogP contribution in [0.2, 0.25) is 0 Å². The molecule has 0 unspecified atom stereocenters. The summed E-state index contributed by atoms with van der Waals surface area (Å²) in [5, 5.41) is 4.04. The maximum atomic E-state index is 11.9. The van der Waals surface area contributed by atoms with Crippen LogP contribution < -0.4 is 5.43 Å². The number of hydrogen-bond donors (Lipinski definition) is 1. The molecule has 1 amide bonds. The van der Waals surface area contributed by atoms with E-state index in [1.807, 2.05) is 50.2 Å². The van der Waals surface area contributed by atoms with E-state index in [0.29, 0.717) is 5.75 Å². The highest BCUT2D eigenvalue weighted by atomic mass is 32.2. The Hall–Kier alpha value is -2.18. The lowest BCUT2D eigenvalue weighted by atomic mass is 10.1. The second-order valence-corrected chi connectivity index (χ2v) is 7.64. The van der Waals surface area contributed by atoms with Gasteiger partial charge in [0.05, 0.1) is 22.2 Å². The lowest BCUT2D eigenvalue weighted by Crippen LogP contribution is -2.19. The molecule has 0 bridgehead atoms. The summed E-state index contributed by atoms with van der Waals surface area (Å²) in [6.07, 6.45) is 1.68. The summed E-state index contributed by atoms with van der Waals surface area (Å²) >= 11 is 3.02. The third-order valence-corrected chi connectivity index (χ3v) is 5.61. The molecule has 0 radical (unpaired) electrons. The highest BCUT2D eigenvalue weighted by Crippen LogP contribution is 2.28. The molecule has 0 saturated heterocycles. The van der Waals surface area contributed by atoms with Crippen LogP contribution in [0.15, 0.2) is 51.9 Å². The van der Waals surface area contributed by atoms with Gasteiger partial charge in [-0.2, -0.15) is 5.10 Å². The van der Waals surface area contributed by atoms with Crippen molar-refractivity contribution >= 4 is 45.4 Å². The SMILES string of the molecule is Cc1ccc(C)c(/C=N\NC(=O)CSc2nc3ccccc3s2)c1. The maximum absolute atomic E-state index is 11.9. The monoisotopic (exact) mass is 355 g/mol. The molecule has 0 saturated carbocycles. The lowest BCUT2D eigenvalue weighted by Gasteiger charge is -2.01. The van der Waals surface area contributed by atoms with E-state index in [-0.39, 0.29) is 5.91 Å². The number of hydrogen-bond acceptors (Lipinski definition) is 5. The number of fused-ring (bicyclic) bond motifs is 1. The van der Waals surface area contributed by atoms with E-state index >= 15 is 0 Å². The molecule has 4 nitrogen and oxygen atoms in total. The molecule has 1 aromatic heterocycles. The lowest BCUT2D eigenvalue weighted by molar-refractivity contribution is -0.118. The highest BCUT2D eigenvalue weighted by molar-refractivity contribution is 8.01. The number of carbonyl (C=O) groups is 1. The van der Waals surface area contributed by atoms with E-state index < -0.39 is 0 Å². The van der Waals surface area contributed by atoms with Gasteiger partial charge in [0.1, 0.15) is 0 Å². The predicted octanol–water partition coefficient (Wildman–Crippen LogP) is 4.16. The summed E-state index contributed by atoms with van der Waals surface area (Å²) in [6, 6.07) is 14.1. The van der Waals surface area contributed by atoms with Crippen molar-refractivity contribution < 1.29 is 4.79 Å². The van der Waals surface area contributed by atoms with Crippen LogP contribution in [0.1, 0.15) is 16.7 Å². The summed E-state index contributed by atoms with van der Waals surface area (Å²) in [5.41, 5.74) is 6.84. The van der Waals surface area contributed by atoms with E-state index in [4.69, 9.17) is 0 Å². The average Bonchev–Trinajstić information content (AvgIpc) is 2.99. The first-order chi connectivity index (χ1) is 11.6. The number of amides is 1. The summed E-state index contributed by atoms with van der Waals surface area (Å²) in [6.45, 7) is 4.05. The van der Waals surface area contributed by atoms with Crippen molar-refractivity contribution in [3.05, 3.63) is 59.2 Å². The molecule has 2 aromatic carbocycles. The Bertz CT molecular complexity index is 869. The smallest absolute Gasteiger partial charge is 0.250 e. The van der Waals surface area contributed by atoms with Gasteiger partial charge in [0.15, 0.2) is 4.34 Å². The van der Waals surface area contributed by atoms with Gasteiger partial charge in [-0.15, -0.1) is 11.3 Å². The summed E-state index contributed by atoms with van der Waals surface area (Å²) in [5.74, 6) is 0.157. The van der Waals surface area contributed by atoms with E-state index in [1.54, 1.807) is 17.6 Å². The topological polar surface area (TPSA) is 54.4 Å². The number of aryl methyl sites for hydroxylation is 2. The third-order valence-electron chi connectivity index (χ3n) is 3.43. The Kier molecular flexibility index (Phi) is 5.27. The number of rotatable bonds is 5. The van der Waals surface area contributed by atoms with Crippen LogP contribution in [0.4, 0.5) is 0 Å². The van der Waals surface area contributed by atoms with Crippen LogP contribution in [-0.4, -0.2) is 22.9 Å². The minimum atomic E-state index is -0.138. The Labute approximate surface area is 149 Å². The van der Waals surface area contributed by atoms with Crippen molar-refractivity contribution in [1.82, 2.24) is 10.4 Å². The zero-order chi connectivity index (χ0) is 16.9. The van der Waals surface area contributed by atoms with Crippen molar-refractivity contribution in [2.45, 2.75) is 18.2 Å². The molecule has 3 rings (SSSR count). The number of hydrazone groups is 1. The minimum absolute atomic E-state index is 0.138. The normalized spacial score (nSPS) is 11.2. The van der Waals surface area contributed by atoms with Crippen LogP contribution in [0.3, 0.4) is 0 Å². The number of para-hydroxylation sites is 1. The fraction of sp³-hybridized carbons (Fsp3) is 0.167. The first kappa shape index (κ1) is 16.7. The first-order valence-electron chi connectivity index (χ1n) is 7.49. The zero-order valence-corrected chi connectivity index (χ0v) is 15.1. The number of carbonyl (C=O) groups excluding carboxylic acids is 1. The Morgan fingerprint density at radius 2 is 2.12 bits per heavy atom. The van der Waals surface area contributed by atoms with Gasteiger partial charge in [0.25, 0.3) is 5.91 Å². The number of aromatic nitrogens is 1. The molecule has 1 heterocycles. The zero-order valence-electron chi connectivity index (χ0n) is 13.4. The molecule has 24 heavy (non-hydrogen) atoms. The molecular formula is C18H17N3OS2. The molecule has 0 aliphatic rings. The summed E-state index contributed by atoms with van der Waals surface area (Å²) in [7, 11) is 0. The molecule has 3 aromatic rings. The van der Waals surface area contributed by atoms with Crippen molar-refractivity contribution in [2.75, 3.05) is 5.75 Å². The fourth-order valence-corrected chi connectivity index (χ4v) is 4.01. The molecule has 0 aliphatic heterocycles.